The lowest BCUT2D eigenvalue weighted by molar-refractivity contribution is 0.0890. The highest BCUT2D eigenvalue weighted by Crippen LogP contribution is 2.30. The average molecular weight is 425 g/mol. The van der Waals surface area contributed by atoms with Crippen molar-refractivity contribution in [1.29, 1.82) is 0 Å². The molecule has 156 valence electrons. The largest absolute Gasteiger partial charge is 0.367 e. The molecule has 1 saturated heterocycles. The van der Waals surface area contributed by atoms with E-state index in [-0.39, 0.29) is 23.8 Å². The summed E-state index contributed by atoms with van der Waals surface area (Å²) >= 11 is 1.70. The van der Waals surface area contributed by atoms with Gasteiger partial charge in [0.25, 0.3) is 5.91 Å². The summed E-state index contributed by atoms with van der Waals surface area (Å²) in [6.07, 6.45) is 3.25. The number of piperazine rings is 1. The topological polar surface area (TPSA) is 48.5 Å². The van der Waals surface area contributed by atoms with Gasteiger partial charge >= 0.3 is 0 Å². The highest BCUT2D eigenvalue weighted by Gasteiger charge is 2.31. The van der Waals surface area contributed by atoms with Crippen LogP contribution in [0.4, 0.5) is 10.1 Å². The molecular formula is C23H25FN4OS. The molecule has 0 bridgehead atoms. The zero-order valence-corrected chi connectivity index (χ0v) is 17.7. The van der Waals surface area contributed by atoms with Crippen LogP contribution in [0.3, 0.4) is 0 Å². The van der Waals surface area contributed by atoms with Gasteiger partial charge < -0.3 is 10.2 Å². The smallest absolute Gasteiger partial charge is 0.251 e. The van der Waals surface area contributed by atoms with Gasteiger partial charge in [-0.05, 0) is 42.6 Å². The van der Waals surface area contributed by atoms with Crippen LogP contribution in [-0.4, -0.2) is 48.0 Å². The number of carbonyl (C=O) groups is 1. The second-order valence-electron chi connectivity index (χ2n) is 7.43. The predicted molar refractivity (Wildman–Crippen MR) is 118 cm³/mol. The second kappa shape index (κ2) is 9.36. The molecule has 1 aromatic carbocycles. The minimum Gasteiger partial charge on any atom is -0.367 e. The molecule has 1 aliphatic rings. The number of anilines is 1. The molecule has 7 heteroatoms. The SMILES string of the molecule is C[C@H](NC(=O)c1ccncc1)[C@H](c1cccs1)N1CCN(c2ccccc2F)CC1. The molecule has 2 aromatic heterocycles. The molecule has 2 atom stereocenters. The Hall–Kier alpha value is -2.77. The first-order valence-corrected chi connectivity index (χ1v) is 11.0. The molecule has 0 saturated carbocycles. The number of aromatic nitrogens is 1. The van der Waals surface area contributed by atoms with Crippen molar-refractivity contribution in [3.05, 3.63) is 82.6 Å². The van der Waals surface area contributed by atoms with E-state index in [9.17, 15) is 9.18 Å². The first-order chi connectivity index (χ1) is 14.6. The molecule has 30 heavy (non-hydrogen) atoms. The van der Waals surface area contributed by atoms with E-state index < -0.39 is 0 Å². The fourth-order valence-electron chi connectivity index (χ4n) is 4.02. The summed E-state index contributed by atoms with van der Waals surface area (Å²) < 4.78 is 14.2. The summed E-state index contributed by atoms with van der Waals surface area (Å²) in [6.45, 7) is 5.13. The Balaban J connectivity index is 1.47. The van der Waals surface area contributed by atoms with Crippen molar-refractivity contribution in [2.45, 2.75) is 19.0 Å². The minimum atomic E-state index is -0.182. The minimum absolute atomic E-state index is 0.0681. The molecule has 3 heterocycles. The third-order valence-corrected chi connectivity index (χ3v) is 6.45. The summed E-state index contributed by atoms with van der Waals surface area (Å²) in [5.41, 5.74) is 1.26. The molecule has 0 aliphatic carbocycles. The van der Waals surface area contributed by atoms with Crippen molar-refractivity contribution in [3.63, 3.8) is 0 Å². The van der Waals surface area contributed by atoms with Crippen LogP contribution in [-0.2, 0) is 0 Å². The van der Waals surface area contributed by atoms with E-state index in [1.54, 1.807) is 41.9 Å². The normalized spacial score (nSPS) is 16.8. The Labute approximate surface area is 180 Å². The van der Waals surface area contributed by atoms with Gasteiger partial charge in [0.2, 0.25) is 0 Å². The number of hydrogen-bond acceptors (Lipinski definition) is 5. The Bertz CT molecular complexity index is 958. The highest BCUT2D eigenvalue weighted by molar-refractivity contribution is 7.10. The monoisotopic (exact) mass is 424 g/mol. The number of hydrogen-bond donors (Lipinski definition) is 1. The number of nitrogens with one attached hydrogen (secondary N) is 1. The number of para-hydroxylation sites is 1. The molecule has 1 amide bonds. The van der Waals surface area contributed by atoms with Crippen molar-refractivity contribution in [2.75, 3.05) is 31.1 Å². The fraction of sp³-hybridized carbons (Fsp3) is 0.304. The van der Waals surface area contributed by atoms with E-state index >= 15 is 0 Å². The van der Waals surface area contributed by atoms with Crippen LogP contribution in [0.15, 0.2) is 66.3 Å². The first kappa shape index (κ1) is 20.5. The zero-order valence-electron chi connectivity index (χ0n) is 16.9. The molecule has 1 aliphatic heterocycles. The number of halogens is 1. The van der Waals surface area contributed by atoms with Gasteiger partial charge in [0.15, 0.2) is 0 Å². The number of rotatable bonds is 6. The van der Waals surface area contributed by atoms with Gasteiger partial charge in [-0.3, -0.25) is 14.7 Å². The lowest BCUT2D eigenvalue weighted by atomic mass is 10.0. The van der Waals surface area contributed by atoms with E-state index in [1.807, 2.05) is 25.1 Å². The third kappa shape index (κ3) is 4.52. The Kier molecular flexibility index (Phi) is 6.40. The Morgan fingerprint density at radius 2 is 1.80 bits per heavy atom. The lowest BCUT2D eigenvalue weighted by Crippen LogP contribution is -2.52. The van der Waals surface area contributed by atoms with Crippen molar-refractivity contribution < 1.29 is 9.18 Å². The molecule has 0 radical (unpaired) electrons. The summed E-state index contributed by atoms with van der Waals surface area (Å²) in [7, 11) is 0. The molecule has 0 spiro atoms. The van der Waals surface area contributed by atoms with Gasteiger partial charge in [-0.25, -0.2) is 4.39 Å². The van der Waals surface area contributed by atoms with Gasteiger partial charge in [0.05, 0.1) is 11.7 Å². The maximum atomic E-state index is 14.2. The molecule has 0 unspecified atom stereocenters. The van der Waals surface area contributed by atoms with E-state index in [4.69, 9.17) is 0 Å². The van der Waals surface area contributed by atoms with Crippen molar-refractivity contribution in [3.8, 4) is 0 Å². The molecule has 1 N–H and O–H groups in total. The van der Waals surface area contributed by atoms with Crippen LogP contribution in [0.25, 0.3) is 0 Å². The average Bonchev–Trinajstić information content (AvgIpc) is 3.30. The van der Waals surface area contributed by atoms with E-state index in [0.717, 1.165) is 26.2 Å². The number of pyridine rings is 1. The molecule has 5 nitrogen and oxygen atoms in total. The standard InChI is InChI=1S/C23H25FN4OS/c1-17(26-23(29)18-8-10-25-11-9-18)22(21-7-4-16-30-21)28-14-12-27(13-15-28)20-6-3-2-5-19(20)24/h2-11,16-17,22H,12-15H2,1H3,(H,26,29)/t17-,22+/m0/s1. The first-order valence-electron chi connectivity index (χ1n) is 10.1. The van der Waals surface area contributed by atoms with Crippen molar-refractivity contribution in [1.82, 2.24) is 15.2 Å². The Morgan fingerprint density at radius 1 is 1.07 bits per heavy atom. The van der Waals surface area contributed by atoms with Crippen molar-refractivity contribution in [2.24, 2.45) is 0 Å². The second-order valence-corrected chi connectivity index (χ2v) is 8.41. The van der Waals surface area contributed by atoms with Crippen LogP contribution in [0.1, 0.15) is 28.2 Å². The van der Waals surface area contributed by atoms with E-state index in [0.29, 0.717) is 11.3 Å². The van der Waals surface area contributed by atoms with Crippen molar-refractivity contribution >= 4 is 22.9 Å². The summed E-state index contributed by atoms with van der Waals surface area (Å²) in [6, 6.07) is 14.5. The molecular weight excluding hydrogens is 399 g/mol. The van der Waals surface area contributed by atoms with Gasteiger partial charge in [0, 0.05) is 55.1 Å². The number of benzene rings is 1. The van der Waals surface area contributed by atoms with E-state index in [1.165, 1.54) is 10.9 Å². The van der Waals surface area contributed by atoms with Gasteiger partial charge in [-0.1, -0.05) is 18.2 Å². The Morgan fingerprint density at radius 3 is 2.47 bits per heavy atom. The zero-order chi connectivity index (χ0) is 20.9. The molecule has 3 aromatic rings. The number of thiophene rings is 1. The summed E-state index contributed by atoms with van der Waals surface area (Å²) in [5, 5.41) is 5.22. The lowest BCUT2D eigenvalue weighted by Gasteiger charge is -2.42. The highest BCUT2D eigenvalue weighted by atomic mass is 32.1. The van der Waals surface area contributed by atoms with Crippen LogP contribution >= 0.6 is 11.3 Å². The van der Waals surface area contributed by atoms with Crippen LogP contribution in [0.2, 0.25) is 0 Å². The van der Waals surface area contributed by atoms with Gasteiger partial charge in [-0.2, -0.15) is 0 Å². The third-order valence-electron chi connectivity index (χ3n) is 5.51. The summed E-state index contributed by atoms with van der Waals surface area (Å²) in [5.74, 6) is -0.282. The maximum absolute atomic E-state index is 14.2. The number of carbonyl (C=O) groups excluding carboxylic acids is 1. The van der Waals surface area contributed by atoms with Crippen LogP contribution < -0.4 is 10.2 Å². The van der Waals surface area contributed by atoms with E-state index in [2.05, 4.69) is 31.5 Å². The molecule has 1 fully saturated rings. The van der Waals surface area contributed by atoms with Crippen LogP contribution in [0, 0.1) is 5.82 Å². The predicted octanol–water partition coefficient (Wildman–Crippen LogP) is 3.96. The number of nitrogens with zero attached hydrogens (tertiary/aromatic N) is 3. The van der Waals surface area contributed by atoms with Crippen LogP contribution in [0.5, 0.6) is 0 Å². The summed E-state index contributed by atoms with van der Waals surface area (Å²) in [4.78, 5) is 22.4. The molecule has 4 rings (SSSR count). The number of amides is 1. The fourth-order valence-corrected chi connectivity index (χ4v) is 4.99. The van der Waals surface area contributed by atoms with Gasteiger partial charge in [0.1, 0.15) is 5.82 Å². The quantitative estimate of drug-likeness (QED) is 0.651. The maximum Gasteiger partial charge on any atom is 0.251 e. The van der Waals surface area contributed by atoms with Gasteiger partial charge in [-0.15, -0.1) is 11.3 Å².